The molecule has 0 aromatic rings. The van der Waals surface area contributed by atoms with Crippen LogP contribution in [-0.2, 0) is 9.47 Å². The number of hydrogen-bond acceptors (Lipinski definition) is 2. The van der Waals surface area contributed by atoms with Crippen LogP contribution in [0.2, 0.25) is 0 Å². The molecule has 0 aromatic heterocycles. The Bertz CT molecular complexity index is 278. The lowest BCUT2D eigenvalue weighted by atomic mass is 10.00. The van der Waals surface area contributed by atoms with Crippen molar-refractivity contribution in [2.75, 3.05) is 13.2 Å². The highest BCUT2D eigenvalue weighted by Crippen LogP contribution is 2.39. The molecule has 2 aliphatic carbocycles. The van der Waals surface area contributed by atoms with Gasteiger partial charge in [-0.15, -0.1) is 0 Å². The summed E-state index contributed by atoms with van der Waals surface area (Å²) in [6.07, 6.45) is 8.67. The molecule has 2 heteroatoms. The maximum Gasteiger partial charge on any atom is 0.109 e. The van der Waals surface area contributed by atoms with Crippen LogP contribution in [-0.4, -0.2) is 25.4 Å². The lowest BCUT2D eigenvalue weighted by Gasteiger charge is -2.26. The van der Waals surface area contributed by atoms with Gasteiger partial charge >= 0.3 is 0 Å². The second-order valence-electron chi connectivity index (χ2n) is 3.87. The van der Waals surface area contributed by atoms with E-state index in [0.29, 0.717) is 6.10 Å². The monoisotopic (exact) mass is 178 g/mol. The Labute approximate surface area is 78.2 Å². The Kier molecular flexibility index (Phi) is 1.77. The molecule has 3 aliphatic rings. The zero-order valence-electron chi connectivity index (χ0n) is 7.66. The van der Waals surface area contributed by atoms with E-state index in [2.05, 4.69) is 12.2 Å². The third-order valence-corrected chi connectivity index (χ3v) is 3.07. The minimum Gasteiger partial charge on any atom is -0.372 e. The van der Waals surface area contributed by atoms with E-state index in [-0.39, 0.29) is 6.10 Å². The van der Waals surface area contributed by atoms with Crippen molar-refractivity contribution in [3.8, 4) is 0 Å². The molecule has 2 unspecified atom stereocenters. The molecular weight excluding hydrogens is 164 g/mol. The molecule has 1 aliphatic heterocycles. The van der Waals surface area contributed by atoms with Gasteiger partial charge in [-0.3, -0.25) is 0 Å². The fraction of sp³-hybridized carbons (Fsp3) is 0.636. The van der Waals surface area contributed by atoms with E-state index in [0.717, 1.165) is 19.6 Å². The summed E-state index contributed by atoms with van der Waals surface area (Å²) < 4.78 is 11.4. The summed E-state index contributed by atoms with van der Waals surface area (Å²) in [6, 6.07) is 0. The van der Waals surface area contributed by atoms with Crippen molar-refractivity contribution in [1.29, 1.82) is 0 Å². The lowest BCUT2D eigenvalue weighted by molar-refractivity contribution is -0.113. The van der Waals surface area contributed by atoms with E-state index in [1.165, 1.54) is 24.0 Å². The van der Waals surface area contributed by atoms with E-state index in [9.17, 15) is 0 Å². The van der Waals surface area contributed by atoms with Crippen LogP contribution in [0, 0.1) is 0 Å². The summed E-state index contributed by atoms with van der Waals surface area (Å²) in [5.41, 5.74) is 2.89. The molecule has 0 N–H and O–H groups in total. The lowest BCUT2D eigenvalue weighted by Crippen LogP contribution is -2.34. The average molecular weight is 178 g/mol. The first-order valence-corrected chi connectivity index (χ1v) is 5.08. The fourth-order valence-corrected chi connectivity index (χ4v) is 2.49. The van der Waals surface area contributed by atoms with Crippen LogP contribution in [0.4, 0.5) is 0 Å². The zero-order valence-corrected chi connectivity index (χ0v) is 7.66. The summed E-state index contributed by atoms with van der Waals surface area (Å²) >= 11 is 0. The van der Waals surface area contributed by atoms with Crippen molar-refractivity contribution in [3.63, 3.8) is 0 Å². The Hall–Kier alpha value is -0.600. The summed E-state index contributed by atoms with van der Waals surface area (Å²) in [5, 5.41) is 0. The molecule has 2 atom stereocenters. The quantitative estimate of drug-likeness (QED) is 0.563. The molecule has 0 spiro atoms. The molecule has 70 valence electrons. The highest BCUT2D eigenvalue weighted by atomic mass is 16.6. The zero-order chi connectivity index (χ0) is 8.67. The molecule has 13 heavy (non-hydrogen) atoms. The Morgan fingerprint density at radius 3 is 2.92 bits per heavy atom. The highest BCUT2D eigenvalue weighted by molar-refractivity contribution is 5.43. The van der Waals surface area contributed by atoms with Crippen LogP contribution in [0.15, 0.2) is 23.3 Å². The summed E-state index contributed by atoms with van der Waals surface area (Å²) in [7, 11) is 0. The number of allylic oxidation sites excluding steroid dienone is 2. The number of ether oxygens (including phenoxy) is 2. The minimum absolute atomic E-state index is 0.250. The summed E-state index contributed by atoms with van der Waals surface area (Å²) in [6.45, 7) is 1.52. The van der Waals surface area contributed by atoms with Gasteiger partial charge in [0.1, 0.15) is 6.10 Å². The third kappa shape index (κ3) is 1.17. The van der Waals surface area contributed by atoms with Crippen molar-refractivity contribution < 1.29 is 9.47 Å². The number of hydrogen-bond donors (Lipinski definition) is 0. The second-order valence-corrected chi connectivity index (χ2v) is 3.87. The maximum atomic E-state index is 5.74. The van der Waals surface area contributed by atoms with E-state index in [1.54, 1.807) is 0 Å². The van der Waals surface area contributed by atoms with Crippen molar-refractivity contribution in [1.82, 2.24) is 0 Å². The number of rotatable bonds is 0. The Balaban J connectivity index is 1.93. The Morgan fingerprint density at radius 1 is 1.08 bits per heavy atom. The van der Waals surface area contributed by atoms with Crippen molar-refractivity contribution in [3.05, 3.63) is 23.3 Å². The SMILES string of the molecule is C1=C2CC3OCCOC3C2=CCC1. The van der Waals surface area contributed by atoms with Crippen LogP contribution in [0.5, 0.6) is 0 Å². The van der Waals surface area contributed by atoms with Crippen LogP contribution < -0.4 is 0 Å². The fourth-order valence-electron chi connectivity index (χ4n) is 2.49. The predicted octanol–water partition coefficient (Wildman–Crippen LogP) is 1.82. The first kappa shape index (κ1) is 7.77. The van der Waals surface area contributed by atoms with Gasteiger partial charge in [0.2, 0.25) is 0 Å². The van der Waals surface area contributed by atoms with Gasteiger partial charge in [-0.1, -0.05) is 12.2 Å². The normalized spacial score (nSPS) is 37.5. The van der Waals surface area contributed by atoms with E-state index >= 15 is 0 Å². The second kappa shape index (κ2) is 2.96. The largest absolute Gasteiger partial charge is 0.372 e. The molecule has 0 bridgehead atoms. The van der Waals surface area contributed by atoms with E-state index in [1.807, 2.05) is 0 Å². The van der Waals surface area contributed by atoms with Crippen LogP contribution in [0.3, 0.4) is 0 Å². The van der Waals surface area contributed by atoms with Crippen molar-refractivity contribution in [2.24, 2.45) is 0 Å². The van der Waals surface area contributed by atoms with Crippen LogP contribution >= 0.6 is 0 Å². The Morgan fingerprint density at radius 2 is 1.92 bits per heavy atom. The molecule has 1 saturated carbocycles. The maximum absolute atomic E-state index is 5.74. The standard InChI is InChI=1S/C11H14O2/c1-2-4-9-8(3-1)7-10-11(9)13-6-5-12-10/h3-4,10-11H,1-2,5-7H2. The molecule has 3 rings (SSSR count). The third-order valence-electron chi connectivity index (χ3n) is 3.07. The number of fused-ring (bicyclic) bond motifs is 3. The topological polar surface area (TPSA) is 18.5 Å². The highest BCUT2D eigenvalue weighted by Gasteiger charge is 2.38. The molecule has 2 nitrogen and oxygen atoms in total. The van der Waals surface area contributed by atoms with Gasteiger partial charge in [0.05, 0.1) is 19.3 Å². The van der Waals surface area contributed by atoms with Crippen molar-refractivity contribution >= 4 is 0 Å². The van der Waals surface area contributed by atoms with Gasteiger partial charge in [-0.25, -0.2) is 0 Å². The smallest absolute Gasteiger partial charge is 0.109 e. The molecular formula is C11H14O2. The summed E-state index contributed by atoms with van der Waals surface area (Å²) in [4.78, 5) is 0. The van der Waals surface area contributed by atoms with Crippen LogP contribution in [0.25, 0.3) is 0 Å². The molecule has 1 saturated heterocycles. The molecule has 0 aromatic carbocycles. The van der Waals surface area contributed by atoms with Gasteiger partial charge < -0.3 is 9.47 Å². The van der Waals surface area contributed by atoms with Crippen LogP contribution in [0.1, 0.15) is 19.3 Å². The van der Waals surface area contributed by atoms with E-state index < -0.39 is 0 Å². The molecule has 0 amide bonds. The van der Waals surface area contributed by atoms with E-state index in [4.69, 9.17) is 9.47 Å². The van der Waals surface area contributed by atoms with Gasteiger partial charge in [-0.05, 0) is 24.0 Å². The van der Waals surface area contributed by atoms with Gasteiger partial charge in [0.25, 0.3) is 0 Å². The van der Waals surface area contributed by atoms with Crippen molar-refractivity contribution in [2.45, 2.75) is 31.5 Å². The first-order valence-electron chi connectivity index (χ1n) is 5.08. The predicted molar refractivity (Wildman–Crippen MR) is 49.5 cm³/mol. The van der Waals surface area contributed by atoms with Gasteiger partial charge in [0.15, 0.2) is 0 Å². The molecule has 1 heterocycles. The molecule has 2 fully saturated rings. The van der Waals surface area contributed by atoms with Gasteiger partial charge in [0, 0.05) is 6.42 Å². The minimum atomic E-state index is 0.250. The first-order chi connectivity index (χ1) is 6.45. The average Bonchev–Trinajstić information content (AvgIpc) is 2.56. The molecule has 0 radical (unpaired) electrons. The van der Waals surface area contributed by atoms with Gasteiger partial charge in [-0.2, -0.15) is 0 Å². The summed E-state index contributed by atoms with van der Waals surface area (Å²) in [5.74, 6) is 0.